The summed E-state index contributed by atoms with van der Waals surface area (Å²) >= 11 is 0. The molecule has 2 aromatic heterocycles. The van der Waals surface area contributed by atoms with E-state index in [0.29, 0.717) is 18.7 Å². The summed E-state index contributed by atoms with van der Waals surface area (Å²) in [5, 5.41) is 11.3. The molecule has 0 bridgehead atoms. The first-order valence-electron chi connectivity index (χ1n) is 7.02. The Morgan fingerprint density at radius 3 is 2.86 bits per heavy atom. The third-order valence-corrected chi connectivity index (χ3v) is 3.26. The highest BCUT2D eigenvalue weighted by atomic mass is 16.4. The molecule has 0 aliphatic rings. The summed E-state index contributed by atoms with van der Waals surface area (Å²) in [6.45, 7) is 2.48. The molecule has 2 N–H and O–H groups in total. The molecule has 1 amide bonds. The smallest absolute Gasteiger partial charge is 0.303 e. The molecule has 0 saturated carbocycles. The number of hydrogen-bond acceptors (Lipinski definition) is 3. The minimum Gasteiger partial charge on any atom is -0.481 e. The fourth-order valence-electron chi connectivity index (χ4n) is 2.13. The van der Waals surface area contributed by atoms with Crippen molar-refractivity contribution in [2.45, 2.75) is 32.6 Å². The van der Waals surface area contributed by atoms with Gasteiger partial charge in [0.05, 0.1) is 0 Å². The van der Waals surface area contributed by atoms with Crippen molar-refractivity contribution < 1.29 is 14.7 Å². The highest BCUT2D eigenvalue weighted by Gasteiger charge is 2.10. The molecule has 0 unspecified atom stereocenters. The molecule has 6 heteroatoms. The summed E-state index contributed by atoms with van der Waals surface area (Å²) < 4.78 is 1.83. The average Bonchev–Trinajstić information content (AvgIpc) is 2.87. The van der Waals surface area contributed by atoms with Gasteiger partial charge in [0.1, 0.15) is 11.3 Å². The average molecular weight is 289 g/mol. The maximum atomic E-state index is 12.0. The van der Waals surface area contributed by atoms with Crippen LogP contribution in [0.4, 0.5) is 0 Å². The Balaban J connectivity index is 1.82. The predicted molar refractivity (Wildman–Crippen MR) is 78.4 cm³/mol. The fourth-order valence-corrected chi connectivity index (χ4v) is 2.13. The van der Waals surface area contributed by atoms with Crippen LogP contribution in [0.1, 0.15) is 41.7 Å². The highest BCUT2D eigenvalue weighted by molar-refractivity contribution is 5.92. The lowest BCUT2D eigenvalue weighted by Crippen LogP contribution is -2.24. The third-order valence-electron chi connectivity index (χ3n) is 3.26. The molecule has 0 spiro atoms. The largest absolute Gasteiger partial charge is 0.481 e. The van der Waals surface area contributed by atoms with Crippen LogP contribution in [0.15, 0.2) is 24.5 Å². The number of carbonyl (C=O) groups is 2. The fraction of sp³-hybridized carbons (Fsp3) is 0.400. The molecule has 0 fully saturated rings. The first-order chi connectivity index (χ1) is 10.1. The minimum absolute atomic E-state index is 0.180. The Bertz CT molecular complexity index is 649. The van der Waals surface area contributed by atoms with Crippen molar-refractivity contribution in [1.82, 2.24) is 14.7 Å². The Kier molecular flexibility index (Phi) is 4.92. The van der Waals surface area contributed by atoms with Crippen molar-refractivity contribution in [2.75, 3.05) is 6.54 Å². The molecule has 2 rings (SSSR count). The molecule has 0 aliphatic carbocycles. The number of fused-ring (bicyclic) bond motifs is 1. The summed E-state index contributed by atoms with van der Waals surface area (Å²) in [4.78, 5) is 26.7. The zero-order chi connectivity index (χ0) is 15.2. The standard InChI is InChI=1S/C15H19N3O3/c1-11-6-5-9-18-10-12(17-14(11)18)15(21)16-8-4-2-3-7-13(19)20/h5-6,9-10H,2-4,7-8H2,1H3,(H,16,21)(H,19,20). The SMILES string of the molecule is Cc1cccn2cc(C(=O)NCCCCCC(=O)O)nc12. The summed E-state index contributed by atoms with van der Waals surface area (Å²) in [5.41, 5.74) is 2.20. The number of pyridine rings is 1. The molecule has 21 heavy (non-hydrogen) atoms. The van der Waals surface area contributed by atoms with Crippen LogP contribution in [0, 0.1) is 6.92 Å². The van der Waals surface area contributed by atoms with Crippen LogP contribution < -0.4 is 5.32 Å². The van der Waals surface area contributed by atoms with Crippen LogP contribution in [-0.2, 0) is 4.79 Å². The number of amides is 1. The Labute approximate surface area is 122 Å². The Hall–Kier alpha value is -2.37. The molecule has 0 atom stereocenters. The van der Waals surface area contributed by atoms with Crippen LogP contribution in [0.5, 0.6) is 0 Å². The molecule has 0 radical (unpaired) electrons. The van der Waals surface area contributed by atoms with Crippen LogP contribution in [0.3, 0.4) is 0 Å². The Morgan fingerprint density at radius 2 is 2.14 bits per heavy atom. The molecule has 0 aliphatic heterocycles. The van der Waals surface area contributed by atoms with Crippen molar-refractivity contribution in [1.29, 1.82) is 0 Å². The van der Waals surface area contributed by atoms with E-state index in [1.54, 1.807) is 6.20 Å². The number of imidazole rings is 1. The number of nitrogens with zero attached hydrogens (tertiary/aromatic N) is 2. The van der Waals surface area contributed by atoms with Crippen LogP contribution in [0.2, 0.25) is 0 Å². The molecular weight excluding hydrogens is 270 g/mol. The zero-order valence-corrected chi connectivity index (χ0v) is 12.0. The number of aromatic nitrogens is 2. The number of carboxylic acid groups (broad SMARTS) is 1. The number of nitrogens with one attached hydrogen (secondary N) is 1. The second-order valence-electron chi connectivity index (χ2n) is 5.01. The lowest BCUT2D eigenvalue weighted by Gasteiger charge is -2.02. The number of rotatable bonds is 7. The van der Waals surface area contributed by atoms with Gasteiger partial charge in [0.2, 0.25) is 0 Å². The summed E-state index contributed by atoms with van der Waals surface area (Å²) in [7, 11) is 0. The number of aryl methyl sites for hydroxylation is 1. The number of aliphatic carboxylic acids is 1. The van der Waals surface area contributed by atoms with Gasteiger partial charge in [0, 0.05) is 25.4 Å². The monoisotopic (exact) mass is 289 g/mol. The van der Waals surface area contributed by atoms with Gasteiger partial charge in [-0.15, -0.1) is 0 Å². The van der Waals surface area contributed by atoms with Gasteiger partial charge in [-0.1, -0.05) is 12.5 Å². The molecule has 0 saturated heterocycles. The predicted octanol–water partition coefficient (Wildman–Crippen LogP) is 2.02. The van der Waals surface area contributed by atoms with E-state index in [1.807, 2.05) is 29.7 Å². The quantitative estimate of drug-likeness (QED) is 0.764. The highest BCUT2D eigenvalue weighted by Crippen LogP contribution is 2.09. The van der Waals surface area contributed by atoms with Gasteiger partial charge in [-0.05, 0) is 31.4 Å². The summed E-state index contributed by atoms with van der Waals surface area (Å²) in [5.74, 6) is -0.976. The maximum absolute atomic E-state index is 12.0. The second-order valence-corrected chi connectivity index (χ2v) is 5.01. The van der Waals surface area contributed by atoms with E-state index >= 15 is 0 Å². The first kappa shape index (κ1) is 15.0. The van der Waals surface area contributed by atoms with Gasteiger partial charge in [-0.2, -0.15) is 0 Å². The van der Waals surface area contributed by atoms with E-state index < -0.39 is 5.97 Å². The van der Waals surface area contributed by atoms with Crippen molar-refractivity contribution in [3.05, 3.63) is 35.8 Å². The normalized spacial score (nSPS) is 10.7. The van der Waals surface area contributed by atoms with E-state index in [-0.39, 0.29) is 12.3 Å². The molecule has 112 valence electrons. The van der Waals surface area contributed by atoms with Gasteiger partial charge in [-0.3, -0.25) is 9.59 Å². The second kappa shape index (κ2) is 6.88. The first-order valence-corrected chi connectivity index (χ1v) is 7.02. The number of unbranched alkanes of at least 4 members (excludes halogenated alkanes) is 2. The zero-order valence-electron chi connectivity index (χ0n) is 12.0. The summed E-state index contributed by atoms with van der Waals surface area (Å²) in [6.07, 6.45) is 5.95. The van der Waals surface area contributed by atoms with Crippen LogP contribution in [0.25, 0.3) is 5.65 Å². The molecule has 6 nitrogen and oxygen atoms in total. The number of carboxylic acids is 1. The Morgan fingerprint density at radius 1 is 1.33 bits per heavy atom. The van der Waals surface area contributed by atoms with Crippen LogP contribution in [-0.4, -0.2) is 32.9 Å². The molecular formula is C15H19N3O3. The van der Waals surface area contributed by atoms with E-state index in [0.717, 1.165) is 24.1 Å². The van der Waals surface area contributed by atoms with Gasteiger partial charge in [0.15, 0.2) is 0 Å². The van der Waals surface area contributed by atoms with E-state index in [2.05, 4.69) is 10.3 Å². The van der Waals surface area contributed by atoms with Gasteiger partial charge < -0.3 is 14.8 Å². The van der Waals surface area contributed by atoms with Crippen molar-refractivity contribution >= 4 is 17.5 Å². The minimum atomic E-state index is -0.779. The van der Waals surface area contributed by atoms with Gasteiger partial charge in [0.25, 0.3) is 5.91 Å². The van der Waals surface area contributed by atoms with Crippen molar-refractivity contribution in [2.24, 2.45) is 0 Å². The van der Waals surface area contributed by atoms with Crippen molar-refractivity contribution in [3.63, 3.8) is 0 Å². The van der Waals surface area contributed by atoms with Gasteiger partial charge in [-0.25, -0.2) is 4.98 Å². The topological polar surface area (TPSA) is 83.7 Å². The van der Waals surface area contributed by atoms with E-state index in [1.165, 1.54) is 0 Å². The molecule has 0 aromatic carbocycles. The lowest BCUT2D eigenvalue weighted by molar-refractivity contribution is -0.137. The van der Waals surface area contributed by atoms with Crippen LogP contribution >= 0.6 is 0 Å². The van der Waals surface area contributed by atoms with Gasteiger partial charge >= 0.3 is 5.97 Å². The van der Waals surface area contributed by atoms with E-state index in [9.17, 15) is 9.59 Å². The summed E-state index contributed by atoms with van der Waals surface area (Å²) in [6, 6.07) is 3.86. The molecule has 2 heterocycles. The third kappa shape index (κ3) is 4.05. The van der Waals surface area contributed by atoms with E-state index in [4.69, 9.17) is 5.11 Å². The number of carbonyl (C=O) groups excluding carboxylic acids is 1. The maximum Gasteiger partial charge on any atom is 0.303 e. The number of hydrogen-bond donors (Lipinski definition) is 2. The molecule has 2 aromatic rings. The lowest BCUT2D eigenvalue weighted by atomic mass is 10.2. The van der Waals surface area contributed by atoms with Crippen molar-refractivity contribution in [3.8, 4) is 0 Å².